The second-order valence-corrected chi connectivity index (χ2v) is 7.01. The highest BCUT2D eigenvalue weighted by Crippen LogP contribution is 2.21. The number of carbonyl (C=O) groups is 2. The van der Waals surface area contributed by atoms with Crippen LogP contribution < -0.4 is 0 Å². The zero-order valence-electron chi connectivity index (χ0n) is 14.7. The molecule has 0 N–H and O–H groups in total. The van der Waals surface area contributed by atoms with Gasteiger partial charge in [-0.3, -0.25) is 9.78 Å². The van der Waals surface area contributed by atoms with Crippen molar-refractivity contribution in [3.8, 4) is 0 Å². The highest BCUT2D eigenvalue weighted by atomic mass is 16.6. The van der Waals surface area contributed by atoms with Crippen molar-refractivity contribution >= 4 is 12.1 Å². The van der Waals surface area contributed by atoms with Crippen molar-refractivity contribution in [3.63, 3.8) is 0 Å². The first-order valence-electron chi connectivity index (χ1n) is 8.38. The number of pyridine rings is 1. The number of ether oxygens (including phenoxy) is 2. The molecule has 2 rings (SSSR count). The predicted molar refractivity (Wildman–Crippen MR) is 89.4 cm³/mol. The Balaban J connectivity index is 1.70. The second kappa shape index (κ2) is 8.13. The topological polar surface area (TPSA) is 68.7 Å². The normalized spacial score (nSPS) is 15.9. The lowest BCUT2D eigenvalue weighted by Gasteiger charge is -2.32. The maximum absolute atomic E-state index is 12.1. The highest BCUT2D eigenvalue weighted by Gasteiger charge is 2.30. The summed E-state index contributed by atoms with van der Waals surface area (Å²) < 4.78 is 10.7. The van der Waals surface area contributed by atoms with Gasteiger partial charge in [0.05, 0.1) is 12.5 Å². The fraction of sp³-hybridized carbons (Fsp3) is 0.611. The molecule has 2 heterocycles. The van der Waals surface area contributed by atoms with E-state index in [0.29, 0.717) is 39.0 Å². The van der Waals surface area contributed by atoms with Gasteiger partial charge in [0.1, 0.15) is 5.60 Å². The van der Waals surface area contributed by atoms with Gasteiger partial charge in [0, 0.05) is 31.9 Å². The first kappa shape index (κ1) is 18.2. The van der Waals surface area contributed by atoms with E-state index in [9.17, 15) is 9.59 Å². The third kappa shape index (κ3) is 5.83. The Kier molecular flexibility index (Phi) is 6.17. The molecule has 1 aromatic heterocycles. The van der Waals surface area contributed by atoms with E-state index in [-0.39, 0.29) is 18.0 Å². The minimum absolute atomic E-state index is 0.138. The van der Waals surface area contributed by atoms with Crippen LogP contribution >= 0.6 is 0 Å². The van der Waals surface area contributed by atoms with E-state index >= 15 is 0 Å². The average molecular weight is 334 g/mol. The van der Waals surface area contributed by atoms with Gasteiger partial charge in [-0.1, -0.05) is 0 Å². The van der Waals surface area contributed by atoms with E-state index in [0.717, 1.165) is 5.56 Å². The molecule has 24 heavy (non-hydrogen) atoms. The molecule has 0 atom stereocenters. The number of hydrogen-bond acceptors (Lipinski definition) is 5. The standard InChI is InChI=1S/C18H26N2O4/c1-18(2,3)24-17(22)20-11-6-15(7-12-20)16(21)23-13-8-14-4-9-19-10-5-14/h4-5,9-10,15H,6-8,11-13H2,1-3H3. The Bertz CT molecular complexity index is 546. The van der Waals surface area contributed by atoms with Gasteiger partial charge in [0.15, 0.2) is 0 Å². The maximum atomic E-state index is 12.1. The van der Waals surface area contributed by atoms with Crippen molar-refractivity contribution in [2.45, 2.75) is 45.6 Å². The van der Waals surface area contributed by atoms with Crippen molar-refractivity contribution in [1.29, 1.82) is 0 Å². The molecule has 6 nitrogen and oxygen atoms in total. The van der Waals surface area contributed by atoms with Gasteiger partial charge < -0.3 is 14.4 Å². The number of hydrogen-bond donors (Lipinski definition) is 0. The number of aromatic nitrogens is 1. The van der Waals surface area contributed by atoms with E-state index in [4.69, 9.17) is 9.47 Å². The summed E-state index contributed by atoms with van der Waals surface area (Å²) in [5, 5.41) is 0. The molecular weight excluding hydrogens is 308 g/mol. The monoisotopic (exact) mass is 334 g/mol. The number of piperidine rings is 1. The molecule has 0 radical (unpaired) electrons. The minimum Gasteiger partial charge on any atom is -0.465 e. The molecular formula is C18H26N2O4. The summed E-state index contributed by atoms with van der Waals surface area (Å²) in [5.74, 6) is -0.311. The summed E-state index contributed by atoms with van der Waals surface area (Å²) in [6, 6.07) is 3.82. The molecule has 0 aliphatic carbocycles. The number of likely N-dealkylation sites (tertiary alicyclic amines) is 1. The summed E-state index contributed by atoms with van der Waals surface area (Å²) in [6.07, 6.45) is 5.06. The van der Waals surface area contributed by atoms with Crippen molar-refractivity contribution in [3.05, 3.63) is 30.1 Å². The SMILES string of the molecule is CC(C)(C)OC(=O)N1CCC(C(=O)OCCc2ccncc2)CC1. The molecule has 1 fully saturated rings. The van der Waals surface area contributed by atoms with Crippen molar-refractivity contribution in [2.75, 3.05) is 19.7 Å². The van der Waals surface area contributed by atoms with Gasteiger partial charge in [-0.15, -0.1) is 0 Å². The molecule has 1 aliphatic rings. The fourth-order valence-corrected chi connectivity index (χ4v) is 2.56. The number of rotatable bonds is 4. The molecule has 0 aromatic carbocycles. The van der Waals surface area contributed by atoms with E-state index in [1.54, 1.807) is 17.3 Å². The van der Waals surface area contributed by atoms with E-state index in [2.05, 4.69) is 4.98 Å². The Morgan fingerprint density at radius 3 is 2.42 bits per heavy atom. The number of esters is 1. The van der Waals surface area contributed by atoms with Crippen LogP contribution in [0.3, 0.4) is 0 Å². The van der Waals surface area contributed by atoms with Crippen molar-refractivity contribution < 1.29 is 19.1 Å². The minimum atomic E-state index is -0.500. The van der Waals surface area contributed by atoms with Crippen LogP contribution in [-0.4, -0.2) is 47.2 Å². The Labute approximate surface area is 143 Å². The third-order valence-corrected chi connectivity index (χ3v) is 3.86. The lowest BCUT2D eigenvalue weighted by molar-refractivity contribution is -0.150. The zero-order chi connectivity index (χ0) is 17.6. The van der Waals surface area contributed by atoms with Gasteiger partial charge in [0.25, 0.3) is 0 Å². The molecule has 0 bridgehead atoms. The summed E-state index contributed by atoms with van der Waals surface area (Å²) in [7, 11) is 0. The molecule has 1 amide bonds. The van der Waals surface area contributed by atoms with Crippen LogP contribution in [-0.2, 0) is 20.7 Å². The second-order valence-electron chi connectivity index (χ2n) is 7.01. The molecule has 0 spiro atoms. The van der Waals surface area contributed by atoms with E-state index in [1.165, 1.54) is 0 Å². The Morgan fingerprint density at radius 1 is 1.21 bits per heavy atom. The van der Waals surface area contributed by atoms with Crippen LogP contribution in [0.2, 0.25) is 0 Å². The molecule has 1 saturated heterocycles. The zero-order valence-corrected chi connectivity index (χ0v) is 14.7. The molecule has 1 aromatic rings. The summed E-state index contributed by atoms with van der Waals surface area (Å²) in [6.45, 7) is 6.96. The third-order valence-electron chi connectivity index (χ3n) is 3.86. The van der Waals surface area contributed by atoms with Crippen LogP contribution in [0.1, 0.15) is 39.2 Å². The number of nitrogens with zero attached hydrogens (tertiary/aromatic N) is 2. The molecule has 1 aliphatic heterocycles. The quantitative estimate of drug-likeness (QED) is 0.792. The van der Waals surface area contributed by atoms with Crippen molar-refractivity contribution in [1.82, 2.24) is 9.88 Å². The van der Waals surface area contributed by atoms with Crippen LogP contribution in [0.15, 0.2) is 24.5 Å². The molecule has 0 unspecified atom stereocenters. The van der Waals surface area contributed by atoms with Gasteiger partial charge >= 0.3 is 12.1 Å². The summed E-state index contributed by atoms with van der Waals surface area (Å²) in [4.78, 5) is 29.7. The first-order chi connectivity index (χ1) is 11.3. The smallest absolute Gasteiger partial charge is 0.410 e. The van der Waals surface area contributed by atoms with Crippen molar-refractivity contribution in [2.24, 2.45) is 5.92 Å². The van der Waals surface area contributed by atoms with Crippen LogP contribution in [0.4, 0.5) is 4.79 Å². The molecule has 6 heteroatoms. The lowest BCUT2D eigenvalue weighted by atomic mass is 9.97. The van der Waals surface area contributed by atoms with Gasteiger partial charge in [-0.25, -0.2) is 4.79 Å². The predicted octanol–water partition coefficient (Wildman–Crippen LogP) is 2.81. The number of amides is 1. The summed E-state index contributed by atoms with van der Waals surface area (Å²) >= 11 is 0. The largest absolute Gasteiger partial charge is 0.465 e. The van der Waals surface area contributed by atoms with E-state index < -0.39 is 5.60 Å². The number of carbonyl (C=O) groups excluding carboxylic acids is 2. The van der Waals surface area contributed by atoms with Gasteiger partial charge in [-0.05, 0) is 51.3 Å². The maximum Gasteiger partial charge on any atom is 0.410 e. The fourth-order valence-electron chi connectivity index (χ4n) is 2.56. The van der Waals surface area contributed by atoms with E-state index in [1.807, 2.05) is 32.9 Å². The van der Waals surface area contributed by atoms with Crippen LogP contribution in [0.25, 0.3) is 0 Å². The average Bonchev–Trinajstić information content (AvgIpc) is 2.54. The first-order valence-corrected chi connectivity index (χ1v) is 8.38. The van der Waals surface area contributed by atoms with Crippen LogP contribution in [0, 0.1) is 5.92 Å². The summed E-state index contributed by atoms with van der Waals surface area (Å²) in [5.41, 5.74) is 0.595. The lowest BCUT2D eigenvalue weighted by Crippen LogP contribution is -2.43. The molecule has 132 valence electrons. The highest BCUT2D eigenvalue weighted by molar-refractivity contribution is 5.73. The van der Waals surface area contributed by atoms with Gasteiger partial charge in [-0.2, -0.15) is 0 Å². The Morgan fingerprint density at radius 2 is 1.83 bits per heavy atom. The Hall–Kier alpha value is -2.11. The molecule has 0 saturated carbocycles. The van der Waals surface area contributed by atoms with Gasteiger partial charge in [0.2, 0.25) is 0 Å². The van der Waals surface area contributed by atoms with Crippen LogP contribution in [0.5, 0.6) is 0 Å².